The van der Waals surface area contributed by atoms with Crippen LogP contribution in [0.3, 0.4) is 0 Å². The van der Waals surface area contributed by atoms with Crippen LogP contribution in [0.5, 0.6) is 0 Å². The van der Waals surface area contributed by atoms with E-state index in [0.29, 0.717) is 13.2 Å². The van der Waals surface area contributed by atoms with Crippen molar-refractivity contribution in [2.24, 2.45) is 0 Å². The molecule has 0 aromatic heterocycles. The minimum absolute atomic E-state index is 0.106. The second-order valence-electron chi connectivity index (χ2n) is 6.62. The first-order valence-electron chi connectivity index (χ1n) is 9.50. The van der Waals surface area contributed by atoms with E-state index in [1.807, 2.05) is 4.90 Å². The smallest absolute Gasteiger partial charge is 0.307 e. The van der Waals surface area contributed by atoms with Crippen LogP contribution >= 0.6 is 0 Å². The molecule has 1 aromatic rings. The average molecular weight is 361 g/mol. The molecule has 0 spiro atoms. The zero-order valence-corrected chi connectivity index (χ0v) is 15.5. The van der Waals surface area contributed by atoms with E-state index >= 15 is 0 Å². The van der Waals surface area contributed by atoms with Crippen molar-refractivity contribution >= 4 is 18.0 Å². The second-order valence-corrected chi connectivity index (χ2v) is 6.62. The lowest BCUT2D eigenvalue weighted by Crippen LogP contribution is -2.40. The molecule has 0 aliphatic heterocycles. The number of nitrogens with zero attached hydrogens (tertiary/aromatic N) is 1. The van der Waals surface area contributed by atoms with Crippen molar-refractivity contribution in [1.82, 2.24) is 4.90 Å². The highest BCUT2D eigenvalue weighted by molar-refractivity contribution is 5.92. The second kappa shape index (κ2) is 10.7. The maximum atomic E-state index is 13.0. The molecule has 0 atom stereocenters. The van der Waals surface area contributed by atoms with E-state index in [4.69, 9.17) is 4.74 Å². The number of benzene rings is 1. The van der Waals surface area contributed by atoms with Crippen LogP contribution in [-0.4, -0.2) is 36.0 Å². The van der Waals surface area contributed by atoms with Crippen LogP contribution in [-0.2, 0) is 14.3 Å². The molecule has 1 saturated carbocycles. The molecule has 0 N–H and O–H groups in total. The third-order valence-electron chi connectivity index (χ3n) is 4.70. The Balaban J connectivity index is 2.05. The van der Waals surface area contributed by atoms with Crippen LogP contribution in [0.25, 0.3) is 6.08 Å². The number of carbonyl (C=O) groups is 2. The largest absolute Gasteiger partial charge is 0.466 e. The van der Waals surface area contributed by atoms with E-state index in [-0.39, 0.29) is 30.2 Å². The van der Waals surface area contributed by atoms with Crippen molar-refractivity contribution in [3.05, 3.63) is 41.7 Å². The molecule has 1 aliphatic carbocycles. The van der Waals surface area contributed by atoms with Gasteiger partial charge in [0.05, 0.1) is 13.0 Å². The standard InChI is InChI=1S/C21H28FNO3/c1-2-26-21(25)15-16-23(19-7-5-3-4-6-8-19)20(24)14-11-17-9-12-18(22)13-10-17/h9-14,19H,2-8,15-16H2,1H3/b14-11+. The Morgan fingerprint density at radius 3 is 2.42 bits per heavy atom. The summed E-state index contributed by atoms with van der Waals surface area (Å²) in [5.74, 6) is -0.685. The molecule has 1 fully saturated rings. The van der Waals surface area contributed by atoms with E-state index in [1.165, 1.54) is 31.1 Å². The first kappa shape index (κ1) is 20.1. The third kappa shape index (κ3) is 6.62. The van der Waals surface area contributed by atoms with Gasteiger partial charge in [-0.05, 0) is 43.5 Å². The van der Waals surface area contributed by atoms with Crippen LogP contribution in [0, 0.1) is 5.82 Å². The molecular weight excluding hydrogens is 333 g/mol. The lowest BCUT2D eigenvalue weighted by atomic mass is 10.1. The van der Waals surface area contributed by atoms with Gasteiger partial charge in [-0.3, -0.25) is 9.59 Å². The monoisotopic (exact) mass is 361 g/mol. The van der Waals surface area contributed by atoms with Crippen molar-refractivity contribution in [2.75, 3.05) is 13.2 Å². The highest BCUT2D eigenvalue weighted by Crippen LogP contribution is 2.23. The van der Waals surface area contributed by atoms with Crippen molar-refractivity contribution in [1.29, 1.82) is 0 Å². The fraction of sp³-hybridized carbons (Fsp3) is 0.524. The Morgan fingerprint density at radius 1 is 1.15 bits per heavy atom. The fourth-order valence-corrected chi connectivity index (χ4v) is 3.32. The summed E-state index contributed by atoms with van der Waals surface area (Å²) >= 11 is 0. The predicted octanol–water partition coefficient (Wildman–Crippen LogP) is 4.34. The van der Waals surface area contributed by atoms with E-state index in [2.05, 4.69) is 0 Å². The highest BCUT2D eigenvalue weighted by atomic mass is 19.1. The maximum absolute atomic E-state index is 13.0. The summed E-state index contributed by atoms with van der Waals surface area (Å²) in [5, 5.41) is 0. The van der Waals surface area contributed by atoms with Crippen LogP contribution in [0.2, 0.25) is 0 Å². The molecule has 5 heteroatoms. The molecule has 1 amide bonds. The van der Waals surface area contributed by atoms with Gasteiger partial charge >= 0.3 is 5.97 Å². The zero-order chi connectivity index (χ0) is 18.8. The normalized spacial score (nSPS) is 15.6. The summed E-state index contributed by atoms with van der Waals surface area (Å²) in [6.45, 7) is 2.49. The molecule has 1 aliphatic rings. The molecule has 0 radical (unpaired) electrons. The average Bonchev–Trinajstić information content (AvgIpc) is 2.91. The minimum Gasteiger partial charge on any atom is -0.466 e. The van der Waals surface area contributed by atoms with Gasteiger partial charge in [-0.15, -0.1) is 0 Å². The molecule has 142 valence electrons. The van der Waals surface area contributed by atoms with Gasteiger partial charge in [0, 0.05) is 18.7 Å². The van der Waals surface area contributed by atoms with Crippen molar-refractivity contribution < 1.29 is 18.7 Å². The van der Waals surface area contributed by atoms with Crippen LogP contribution in [0.4, 0.5) is 4.39 Å². The topological polar surface area (TPSA) is 46.6 Å². The summed E-state index contributed by atoms with van der Waals surface area (Å²) in [5.41, 5.74) is 0.769. The van der Waals surface area contributed by atoms with Crippen molar-refractivity contribution in [3.63, 3.8) is 0 Å². The van der Waals surface area contributed by atoms with Crippen molar-refractivity contribution in [2.45, 2.75) is 57.9 Å². The van der Waals surface area contributed by atoms with Gasteiger partial charge in [-0.1, -0.05) is 37.8 Å². The SMILES string of the molecule is CCOC(=O)CCN(C(=O)/C=C/c1ccc(F)cc1)C1CCCCCC1. The highest BCUT2D eigenvalue weighted by Gasteiger charge is 2.24. The molecule has 0 unspecified atom stereocenters. The van der Waals surface area contributed by atoms with E-state index in [9.17, 15) is 14.0 Å². The van der Waals surface area contributed by atoms with Crippen LogP contribution in [0.15, 0.2) is 30.3 Å². The molecular formula is C21H28FNO3. The number of amides is 1. The van der Waals surface area contributed by atoms with Gasteiger partial charge < -0.3 is 9.64 Å². The lowest BCUT2D eigenvalue weighted by molar-refractivity contribution is -0.144. The Hall–Kier alpha value is -2.17. The summed E-state index contributed by atoms with van der Waals surface area (Å²) < 4.78 is 18.0. The number of hydrogen-bond acceptors (Lipinski definition) is 3. The first-order valence-corrected chi connectivity index (χ1v) is 9.50. The minimum atomic E-state index is -0.303. The molecule has 0 saturated heterocycles. The molecule has 1 aromatic carbocycles. The summed E-state index contributed by atoms with van der Waals surface area (Å²) in [4.78, 5) is 26.3. The van der Waals surface area contributed by atoms with Gasteiger partial charge in [0.1, 0.15) is 5.82 Å². The number of hydrogen-bond donors (Lipinski definition) is 0. The van der Waals surface area contributed by atoms with E-state index in [0.717, 1.165) is 31.2 Å². The number of rotatable bonds is 7. The molecule has 26 heavy (non-hydrogen) atoms. The Morgan fingerprint density at radius 2 is 1.81 bits per heavy atom. The maximum Gasteiger partial charge on any atom is 0.307 e. The number of esters is 1. The Bertz CT molecular complexity index is 604. The number of ether oxygens (including phenoxy) is 1. The molecule has 0 heterocycles. The Labute approximate surface area is 155 Å². The quantitative estimate of drug-likeness (QED) is 0.412. The van der Waals surface area contributed by atoms with Crippen LogP contribution < -0.4 is 0 Å². The van der Waals surface area contributed by atoms with Crippen molar-refractivity contribution in [3.8, 4) is 0 Å². The Kier molecular flexibility index (Phi) is 8.32. The lowest BCUT2D eigenvalue weighted by Gasteiger charge is -2.30. The predicted molar refractivity (Wildman–Crippen MR) is 99.9 cm³/mol. The van der Waals surface area contributed by atoms with Gasteiger partial charge in [-0.2, -0.15) is 0 Å². The van der Waals surface area contributed by atoms with Crippen LogP contribution in [0.1, 0.15) is 57.4 Å². The summed E-state index contributed by atoms with van der Waals surface area (Å²) in [6.07, 6.45) is 9.96. The molecule has 2 rings (SSSR count). The fourth-order valence-electron chi connectivity index (χ4n) is 3.32. The zero-order valence-electron chi connectivity index (χ0n) is 15.5. The first-order chi connectivity index (χ1) is 12.6. The van der Waals surface area contributed by atoms with Gasteiger partial charge in [0.2, 0.25) is 5.91 Å². The summed E-state index contributed by atoms with van der Waals surface area (Å²) in [6, 6.07) is 6.17. The third-order valence-corrected chi connectivity index (χ3v) is 4.70. The van der Waals surface area contributed by atoms with Gasteiger partial charge in [0.15, 0.2) is 0 Å². The van der Waals surface area contributed by atoms with E-state index < -0.39 is 0 Å². The molecule has 4 nitrogen and oxygen atoms in total. The molecule has 0 bridgehead atoms. The number of halogens is 1. The van der Waals surface area contributed by atoms with E-state index in [1.54, 1.807) is 25.1 Å². The summed E-state index contributed by atoms with van der Waals surface area (Å²) in [7, 11) is 0. The van der Waals surface area contributed by atoms with Gasteiger partial charge in [-0.25, -0.2) is 4.39 Å². The number of carbonyl (C=O) groups excluding carboxylic acids is 2. The van der Waals surface area contributed by atoms with Gasteiger partial charge in [0.25, 0.3) is 0 Å².